The van der Waals surface area contributed by atoms with E-state index in [1.165, 1.54) is 6.07 Å². The lowest BCUT2D eigenvalue weighted by atomic mass is 10.0. The molecule has 0 aliphatic heterocycles. The average molecular weight is 433 g/mol. The van der Waals surface area contributed by atoms with Gasteiger partial charge in [0.05, 0.1) is 23.3 Å². The SMILES string of the molecule is N#CC(=Cc1cc(Br)ccc1OCc1ccccc1C#N)c1ccccc1F. The van der Waals surface area contributed by atoms with E-state index >= 15 is 0 Å². The third-order valence-corrected chi connectivity index (χ3v) is 4.57. The lowest BCUT2D eigenvalue weighted by Gasteiger charge is -2.11. The number of hydrogen-bond donors (Lipinski definition) is 0. The highest BCUT2D eigenvalue weighted by atomic mass is 79.9. The Kier molecular flexibility index (Phi) is 6.22. The van der Waals surface area contributed by atoms with Gasteiger partial charge in [-0.2, -0.15) is 10.5 Å². The number of hydrogen-bond acceptors (Lipinski definition) is 3. The maximum Gasteiger partial charge on any atom is 0.131 e. The first-order valence-corrected chi connectivity index (χ1v) is 9.18. The standard InChI is InChI=1S/C23H14BrFN2O/c24-20-9-10-23(28-15-17-6-2-1-5-16(17)13-26)18(12-20)11-19(14-27)21-7-3-4-8-22(21)25/h1-12H,15H2. The Bertz CT molecular complexity index is 1130. The second-order valence-corrected chi connectivity index (χ2v) is 6.81. The Morgan fingerprint density at radius 2 is 1.79 bits per heavy atom. The van der Waals surface area contributed by atoms with Gasteiger partial charge in [-0.05, 0) is 36.4 Å². The van der Waals surface area contributed by atoms with Crippen LogP contribution in [0.3, 0.4) is 0 Å². The summed E-state index contributed by atoms with van der Waals surface area (Å²) in [4.78, 5) is 0. The van der Waals surface area contributed by atoms with E-state index in [0.29, 0.717) is 16.9 Å². The summed E-state index contributed by atoms with van der Waals surface area (Å²) >= 11 is 3.41. The predicted molar refractivity (Wildman–Crippen MR) is 110 cm³/mol. The topological polar surface area (TPSA) is 56.8 Å². The van der Waals surface area contributed by atoms with Crippen LogP contribution in [0.1, 0.15) is 22.3 Å². The minimum absolute atomic E-state index is 0.193. The van der Waals surface area contributed by atoms with Crippen molar-refractivity contribution in [3.05, 3.63) is 99.3 Å². The summed E-state index contributed by atoms with van der Waals surface area (Å²) in [5.41, 5.74) is 2.35. The van der Waals surface area contributed by atoms with Gasteiger partial charge in [0.1, 0.15) is 18.2 Å². The van der Waals surface area contributed by atoms with Gasteiger partial charge in [-0.3, -0.25) is 0 Å². The van der Waals surface area contributed by atoms with E-state index in [4.69, 9.17) is 4.74 Å². The fraction of sp³-hybridized carbons (Fsp3) is 0.0435. The molecular weight excluding hydrogens is 419 g/mol. The Labute approximate surface area is 171 Å². The van der Waals surface area contributed by atoms with E-state index in [-0.39, 0.29) is 17.7 Å². The molecule has 0 amide bonds. The number of nitriles is 2. The second-order valence-electron chi connectivity index (χ2n) is 5.89. The number of benzene rings is 3. The first-order chi connectivity index (χ1) is 13.6. The average Bonchev–Trinajstić information content (AvgIpc) is 2.72. The lowest BCUT2D eigenvalue weighted by Crippen LogP contribution is -1.99. The van der Waals surface area contributed by atoms with Crippen LogP contribution in [0.15, 0.2) is 71.2 Å². The molecule has 5 heteroatoms. The van der Waals surface area contributed by atoms with Crippen LogP contribution in [0, 0.1) is 28.5 Å². The quantitative estimate of drug-likeness (QED) is 0.361. The van der Waals surface area contributed by atoms with Gasteiger partial charge < -0.3 is 4.74 Å². The third-order valence-electron chi connectivity index (χ3n) is 4.08. The number of allylic oxidation sites excluding steroid dienone is 1. The zero-order valence-corrected chi connectivity index (χ0v) is 16.3. The van der Waals surface area contributed by atoms with E-state index in [0.717, 1.165) is 10.0 Å². The molecule has 0 aliphatic carbocycles. The largest absolute Gasteiger partial charge is 0.488 e. The van der Waals surface area contributed by atoms with Crippen LogP contribution in [-0.4, -0.2) is 0 Å². The fourth-order valence-corrected chi connectivity index (χ4v) is 3.06. The van der Waals surface area contributed by atoms with Gasteiger partial charge in [-0.1, -0.05) is 52.3 Å². The summed E-state index contributed by atoms with van der Waals surface area (Å²) in [5.74, 6) is 0.0655. The molecular formula is C23H14BrFN2O. The van der Waals surface area contributed by atoms with Gasteiger partial charge in [-0.25, -0.2) is 4.39 Å². The van der Waals surface area contributed by atoms with E-state index in [1.807, 2.05) is 18.2 Å². The number of halogens is 2. The Morgan fingerprint density at radius 1 is 1.04 bits per heavy atom. The van der Waals surface area contributed by atoms with Crippen molar-refractivity contribution < 1.29 is 9.13 Å². The molecule has 0 aliphatic rings. The molecule has 0 N–H and O–H groups in total. The maximum atomic E-state index is 14.1. The van der Waals surface area contributed by atoms with Crippen LogP contribution in [0.25, 0.3) is 11.6 Å². The lowest BCUT2D eigenvalue weighted by molar-refractivity contribution is 0.305. The molecule has 0 unspecified atom stereocenters. The van der Waals surface area contributed by atoms with Gasteiger partial charge >= 0.3 is 0 Å². The molecule has 0 spiro atoms. The molecule has 3 aromatic carbocycles. The number of ether oxygens (including phenoxy) is 1. The first-order valence-electron chi connectivity index (χ1n) is 8.39. The highest BCUT2D eigenvalue weighted by Crippen LogP contribution is 2.29. The molecule has 0 bridgehead atoms. The molecule has 0 saturated heterocycles. The molecule has 3 rings (SSSR count). The summed E-state index contributed by atoms with van der Waals surface area (Å²) in [6, 6.07) is 22.9. The molecule has 3 nitrogen and oxygen atoms in total. The molecule has 0 saturated carbocycles. The molecule has 136 valence electrons. The monoisotopic (exact) mass is 432 g/mol. The zero-order chi connectivity index (χ0) is 19.9. The summed E-state index contributed by atoms with van der Waals surface area (Å²) in [5, 5.41) is 18.7. The van der Waals surface area contributed by atoms with Crippen LogP contribution in [0.2, 0.25) is 0 Å². The van der Waals surface area contributed by atoms with E-state index in [2.05, 4.69) is 28.1 Å². The van der Waals surface area contributed by atoms with Crippen molar-refractivity contribution in [2.45, 2.75) is 6.61 Å². The van der Waals surface area contributed by atoms with Crippen LogP contribution >= 0.6 is 15.9 Å². The van der Waals surface area contributed by atoms with Gasteiger partial charge in [0, 0.05) is 21.2 Å². The van der Waals surface area contributed by atoms with Crippen molar-refractivity contribution in [1.82, 2.24) is 0 Å². The van der Waals surface area contributed by atoms with Crippen LogP contribution in [0.5, 0.6) is 5.75 Å². The van der Waals surface area contributed by atoms with Gasteiger partial charge in [-0.15, -0.1) is 0 Å². The predicted octanol–water partition coefficient (Wildman–Crippen LogP) is 6.10. The van der Waals surface area contributed by atoms with E-state index < -0.39 is 5.82 Å². The van der Waals surface area contributed by atoms with Gasteiger partial charge in [0.25, 0.3) is 0 Å². The van der Waals surface area contributed by atoms with Gasteiger partial charge in [0.2, 0.25) is 0 Å². The summed E-state index contributed by atoms with van der Waals surface area (Å²) in [6.45, 7) is 0.202. The van der Waals surface area contributed by atoms with Crippen molar-refractivity contribution in [3.63, 3.8) is 0 Å². The maximum absolute atomic E-state index is 14.1. The van der Waals surface area contributed by atoms with Crippen LogP contribution in [-0.2, 0) is 6.61 Å². The minimum atomic E-state index is -0.462. The Hall–Kier alpha value is -3.41. The highest BCUT2D eigenvalue weighted by molar-refractivity contribution is 9.10. The fourth-order valence-electron chi connectivity index (χ4n) is 2.68. The smallest absolute Gasteiger partial charge is 0.131 e. The summed E-state index contributed by atoms with van der Waals surface area (Å²) < 4.78 is 20.8. The van der Waals surface area contributed by atoms with Crippen molar-refractivity contribution >= 4 is 27.6 Å². The van der Waals surface area contributed by atoms with E-state index in [1.54, 1.807) is 48.5 Å². The molecule has 0 fully saturated rings. The highest BCUT2D eigenvalue weighted by Gasteiger charge is 2.10. The van der Waals surface area contributed by atoms with Crippen molar-refractivity contribution in [1.29, 1.82) is 10.5 Å². The first kappa shape index (κ1) is 19.4. The minimum Gasteiger partial charge on any atom is -0.488 e. The van der Waals surface area contributed by atoms with Crippen LogP contribution in [0.4, 0.5) is 4.39 Å². The second kappa shape index (κ2) is 8.99. The summed E-state index contributed by atoms with van der Waals surface area (Å²) in [7, 11) is 0. The third kappa shape index (κ3) is 4.46. The normalized spacial score (nSPS) is 10.8. The van der Waals surface area contributed by atoms with Gasteiger partial charge in [0.15, 0.2) is 0 Å². The molecule has 3 aromatic rings. The molecule has 0 radical (unpaired) electrons. The number of nitrogens with zero attached hydrogens (tertiary/aromatic N) is 2. The Morgan fingerprint density at radius 3 is 2.54 bits per heavy atom. The molecule has 0 heterocycles. The molecule has 28 heavy (non-hydrogen) atoms. The zero-order valence-electron chi connectivity index (χ0n) is 14.7. The van der Waals surface area contributed by atoms with Crippen molar-refractivity contribution in [2.24, 2.45) is 0 Å². The van der Waals surface area contributed by atoms with Crippen molar-refractivity contribution in [2.75, 3.05) is 0 Å². The molecule has 0 aromatic heterocycles. The molecule has 0 atom stereocenters. The number of rotatable bonds is 5. The van der Waals surface area contributed by atoms with E-state index in [9.17, 15) is 14.9 Å². The summed E-state index contributed by atoms with van der Waals surface area (Å²) in [6.07, 6.45) is 1.59. The van der Waals surface area contributed by atoms with Crippen molar-refractivity contribution in [3.8, 4) is 17.9 Å². The van der Waals surface area contributed by atoms with Crippen LogP contribution < -0.4 is 4.74 Å². The Balaban J connectivity index is 1.96.